The Kier molecular flexibility index (Phi) is 5.52. The maximum absolute atomic E-state index is 13.1. The van der Waals surface area contributed by atoms with Gasteiger partial charge in [0.25, 0.3) is 5.91 Å². The van der Waals surface area contributed by atoms with E-state index >= 15 is 0 Å². The molecular formula is C22H14FNO4S2. The van der Waals surface area contributed by atoms with E-state index in [-0.39, 0.29) is 15.0 Å². The number of nitrogens with zero attached hydrogens (tertiary/aromatic N) is 1. The summed E-state index contributed by atoms with van der Waals surface area (Å²) in [5, 5.41) is 9.72. The van der Waals surface area contributed by atoms with Gasteiger partial charge in [-0.25, -0.2) is 9.18 Å². The number of carbonyl (C=O) groups is 2. The molecular weight excluding hydrogens is 425 g/mol. The fourth-order valence-corrected chi connectivity index (χ4v) is 4.36. The first-order chi connectivity index (χ1) is 14.4. The second-order valence-corrected chi connectivity index (χ2v) is 8.09. The molecule has 5 nitrogen and oxygen atoms in total. The highest BCUT2D eigenvalue weighted by atomic mass is 32.2. The van der Waals surface area contributed by atoms with Crippen molar-refractivity contribution in [2.75, 3.05) is 0 Å². The summed E-state index contributed by atoms with van der Waals surface area (Å²) in [5.74, 6) is -1.09. The fourth-order valence-electron chi connectivity index (χ4n) is 3.07. The quantitative estimate of drug-likeness (QED) is 0.440. The Morgan fingerprint density at radius 1 is 1.10 bits per heavy atom. The zero-order valence-corrected chi connectivity index (χ0v) is 17.0. The van der Waals surface area contributed by atoms with Gasteiger partial charge in [-0.3, -0.25) is 9.69 Å². The molecule has 1 fully saturated rings. The molecule has 2 aromatic carbocycles. The van der Waals surface area contributed by atoms with Crippen LogP contribution in [0.25, 0.3) is 17.4 Å². The first-order valence-electron chi connectivity index (χ1n) is 8.84. The standard InChI is InChI=1S/C22H14FNO4S2/c23-15-8-6-13(7-9-15)17-11-10-16(28-17)12-18-20(25)24(22(29)30-18)19(21(26)27)14-4-2-1-3-5-14/h1-12,19H,(H,26,27)/b18-12+. The van der Waals surface area contributed by atoms with Crippen LogP contribution in [-0.2, 0) is 9.59 Å². The number of furan rings is 1. The van der Waals surface area contributed by atoms with Crippen molar-refractivity contribution in [1.82, 2.24) is 4.90 Å². The van der Waals surface area contributed by atoms with Gasteiger partial charge < -0.3 is 9.52 Å². The molecule has 1 amide bonds. The summed E-state index contributed by atoms with van der Waals surface area (Å²) in [4.78, 5) is 26.2. The number of aliphatic carboxylic acids is 1. The third-order valence-electron chi connectivity index (χ3n) is 4.46. The summed E-state index contributed by atoms with van der Waals surface area (Å²) >= 11 is 6.32. The van der Waals surface area contributed by atoms with Crippen molar-refractivity contribution in [2.45, 2.75) is 6.04 Å². The lowest BCUT2D eigenvalue weighted by Crippen LogP contribution is -2.37. The van der Waals surface area contributed by atoms with Crippen molar-refractivity contribution in [1.29, 1.82) is 0 Å². The largest absolute Gasteiger partial charge is 0.479 e. The van der Waals surface area contributed by atoms with E-state index in [4.69, 9.17) is 16.6 Å². The number of thioether (sulfide) groups is 1. The monoisotopic (exact) mass is 439 g/mol. The zero-order chi connectivity index (χ0) is 21.3. The molecule has 0 bridgehead atoms. The van der Waals surface area contributed by atoms with Gasteiger partial charge in [0.15, 0.2) is 6.04 Å². The van der Waals surface area contributed by atoms with Gasteiger partial charge in [-0.15, -0.1) is 0 Å². The van der Waals surface area contributed by atoms with Crippen LogP contribution in [0, 0.1) is 5.82 Å². The van der Waals surface area contributed by atoms with Gasteiger partial charge >= 0.3 is 5.97 Å². The third-order valence-corrected chi connectivity index (χ3v) is 5.79. The molecule has 30 heavy (non-hydrogen) atoms. The van der Waals surface area contributed by atoms with Crippen LogP contribution in [-0.4, -0.2) is 26.2 Å². The minimum absolute atomic E-state index is 0.160. The Morgan fingerprint density at radius 2 is 1.80 bits per heavy atom. The van der Waals surface area contributed by atoms with Gasteiger partial charge in [-0.1, -0.05) is 54.3 Å². The van der Waals surface area contributed by atoms with E-state index in [1.165, 1.54) is 18.2 Å². The normalized spacial score (nSPS) is 16.3. The first kappa shape index (κ1) is 20.1. The Morgan fingerprint density at radius 3 is 2.47 bits per heavy atom. The van der Waals surface area contributed by atoms with Crippen LogP contribution in [0.4, 0.5) is 4.39 Å². The van der Waals surface area contributed by atoms with E-state index in [9.17, 15) is 19.1 Å². The molecule has 1 aliphatic heterocycles. The molecule has 0 aliphatic carbocycles. The number of carbonyl (C=O) groups excluding carboxylic acids is 1. The van der Waals surface area contributed by atoms with E-state index in [0.29, 0.717) is 22.6 Å². The number of rotatable bonds is 5. The highest BCUT2D eigenvalue weighted by Gasteiger charge is 2.41. The number of carboxylic acids is 1. The zero-order valence-electron chi connectivity index (χ0n) is 15.3. The average Bonchev–Trinajstić information content (AvgIpc) is 3.30. The first-order valence-corrected chi connectivity index (χ1v) is 10.1. The smallest absolute Gasteiger partial charge is 0.331 e. The Bertz CT molecular complexity index is 1160. The second kappa shape index (κ2) is 8.25. The maximum Gasteiger partial charge on any atom is 0.331 e. The second-order valence-electron chi connectivity index (χ2n) is 6.41. The van der Waals surface area contributed by atoms with Crippen LogP contribution < -0.4 is 0 Å². The maximum atomic E-state index is 13.1. The summed E-state index contributed by atoms with van der Waals surface area (Å²) in [6, 6.07) is 16.5. The van der Waals surface area contributed by atoms with Gasteiger partial charge in [0.05, 0.1) is 4.91 Å². The Hall–Kier alpha value is -3.23. The van der Waals surface area contributed by atoms with Crippen molar-refractivity contribution < 1.29 is 23.5 Å². The topological polar surface area (TPSA) is 70.8 Å². The molecule has 8 heteroatoms. The lowest BCUT2D eigenvalue weighted by Gasteiger charge is -2.23. The van der Waals surface area contributed by atoms with Crippen molar-refractivity contribution in [3.05, 3.63) is 88.8 Å². The van der Waals surface area contributed by atoms with Crippen molar-refractivity contribution in [2.24, 2.45) is 0 Å². The molecule has 0 radical (unpaired) electrons. The number of hydrogen-bond acceptors (Lipinski definition) is 5. The van der Waals surface area contributed by atoms with Crippen molar-refractivity contribution in [3.63, 3.8) is 0 Å². The molecule has 4 rings (SSSR count). The molecule has 1 aromatic heterocycles. The van der Waals surface area contributed by atoms with E-state index in [1.54, 1.807) is 54.6 Å². The predicted molar refractivity (Wildman–Crippen MR) is 116 cm³/mol. The number of amides is 1. The molecule has 150 valence electrons. The van der Waals surface area contributed by atoms with Gasteiger partial charge in [-0.05, 0) is 42.0 Å². The highest BCUT2D eigenvalue weighted by molar-refractivity contribution is 8.26. The lowest BCUT2D eigenvalue weighted by atomic mass is 10.1. The third kappa shape index (κ3) is 3.92. The summed E-state index contributed by atoms with van der Waals surface area (Å²) in [7, 11) is 0. The predicted octanol–water partition coefficient (Wildman–Crippen LogP) is 5.11. The van der Waals surface area contributed by atoms with Crippen LogP contribution in [0.2, 0.25) is 0 Å². The molecule has 2 heterocycles. The number of thiocarbonyl (C=S) groups is 1. The van der Waals surface area contributed by atoms with Crippen molar-refractivity contribution >= 4 is 46.3 Å². The number of halogens is 1. The average molecular weight is 439 g/mol. The highest BCUT2D eigenvalue weighted by Crippen LogP contribution is 2.38. The van der Waals surface area contributed by atoms with Gasteiger partial charge in [-0.2, -0.15) is 0 Å². The fraction of sp³-hybridized carbons (Fsp3) is 0.0455. The molecule has 1 N–H and O–H groups in total. The van der Waals surface area contributed by atoms with Crippen LogP contribution in [0.5, 0.6) is 0 Å². The number of hydrogen-bond donors (Lipinski definition) is 1. The Labute approximate surface area is 180 Å². The van der Waals surface area contributed by atoms with Gasteiger partial charge in [0.1, 0.15) is 21.7 Å². The minimum Gasteiger partial charge on any atom is -0.479 e. The summed E-state index contributed by atoms with van der Waals surface area (Å²) in [6.07, 6.45) is 1.52. The molecule has 1 atom stereocenters. The van der Waals surface area contributed by atoms with Crippen LogP contribution >= 0.6 is 24.0 Å². The molecule has 3 aromatic rings. The summed E-state index contributed by atoms with van der Waals surface area (Å²) in [6.45, 7) is 0. The van der Waals surface area contributed by atoms with E-state index in [0.717, 1.165) is 16.7 Å². The SMILES string of the molecule is O=C(O)C(c1ccccc1)N1C(=O)/C(=C\c2ccc(-c3ccc(F)cc3)o2)SC1=S. The molecule has 1 unspecified atom stereocenters. The minimum atomic E-state index is -1.21. The summed E-state index contributed by atoms with van der Waals surface area (Å²) in [5.41, 5.74) is 1.15. The lowest BCUT2D eigenvalue weighted by molar-refractivity contribution is -0.145. The number of benzene rings is 2. The molecule has 0 saturated carbocycles. The van der Waals surface area contributed by atoms with E-state index in [2.05, 4.69) is 0 Å². The van der Waals surface area contributed by atoms with Gasteiger partial charge in [0.2, 0.25) is 0 Å². The number of carboxylic acid groups (broad SMARTS) is 1. The molecule has 1 saturated heterocycles. The van der Waals surface area contributed by atoms with Crippen LogP contribution in [0.1, 0.15) is 17.4 Å². The van der Waals surface area contributed by atoms with Gasteiger partial charge in [0, 0.05) is 11.6 Å². The molecule has 0 spiro atoms. The van der Waals surface area contributed by atoms with E-state index < -0.39 is 17.9 Å². The van der Waals surface area contributed by atoms with Crippen LogP contribution in [0.15, 0.2) is 76.1 Å². The molecule has 1 aliphatic rings. The van der Waals surface area contributed by atoms with Crippen molar-refractivity contribution in [3.8, 4) is 11.3 Å². The Balaban J connectivity index is 1.62. The summed E-state index contributed by atoms with van der Waals surface area (Å²) < 4.78 is 19.0. The van der Waals surface area contributed by atoms with Crippen LogP contribution in [0.3, 0.4) is 0 Å². The van der Waals surface area contributed by atoms with E-state index in [1.807, 2.05) is 0 Å².